The Morgan fingerprint density at radius 2 is 1.66 bits per heavy atom. The molecule has 0 saturated carbocycles. The molecule has 2 aromatic heterocycles. The maximum absolute atomic E-state index is 13.2. The number of hydrogen-bond acceptors (Lipinski definition) is 5. The average Bonchev–Trinajstić information content (AvgIpc) is 2.79. The second-order valence-electron chi connectivity index (χ2n) is 7.74. The number of hydrogen-bond donors (Lipinski definition) is 1. The van der Waals surface area contributed by atoms with Gasteiger partial charge in [0.25, 0.3) is 10.0 Å². The lowest BCUT2D eigenvalue weighted by atomic mass is 9.95. The molecule has 32 heavy (non-hydrogen) atoms. The van der Waals surface area contributed by atoms with Gasteiger partial charge in [-0.15, -0.1) is 0 Å². The third-order valence-electron chi connectivity index (χ3n) is 5.17. The lowest BCUT2D eigenvalue weighted by molar-refractivity contribution is 0.0965. The van der Waals surface area contributed by atoms with Crippen LogP contribution in [0.3, 0.4) is 0 Å². The fourth-order valence-electron chi connectivity index (χ4n) is 3.68. The zero-order valence-corrected chi connectivity index (χ0v) is 18.4. The van der Waals surface area contributed by atoms with Crippen LogP contribution >= 0.6 is 0 Å². The van der Waals surface area contributed by atoms with E-state index in [9.17, 15) is 13.2 Å². The summed E-state index contributed by atoms with van der Waals surface area (Å²) in [6.07, 6.45) is 4.24. The minimum atomic E-state index is -3.95. The molecule has 4 rings (SSSR count). The molecule has 0 aliphatic carbocycles. The van der Waals surface area contributed by atoms with Gasteiger partial charge in [0.05, 0.1) is 11.2 Å². The molecular weight excluding hydrogens is 422 g/mol. The van der Waals surface area contributed by atoms with Crippen molar-refractivity contribution < 1.29 is 13.2 Å². The summed E-state index contributed by atoms with van der Waals surface area (Å²) in [5, 5.41) is 0.725. The van der Waals surface area contributed by atoms with Crippen LogP contribution in [-0.4, -0.2) is 24.2 Å². The van der Waals surface area contributed by atoms with Crippen molar-refractivity contribution in [2.45, 2.75) is 24.7 Å². The Morgan fingerprint density at radius 1 is 0.906 bits per heavy atom. The Morgan fingerprint density at radius 3 is 2.47 bits per heavy atom. The molecule has 1 atom stereocenters. The van der Waals surface area contributed by atoms with Gasteiger partial charge in [0.2, 0.25) is 0 Å². The third-order valence-corrected chi connectivity index (χ3v) is 6.57. The molecule has 0 aliphatic heterocycles. The van der Waals surface area contributed by atoms with Crippen molar-refractivity contribution in [3.05, 3.63) is 96.4 Å². The van der Waals surface area contributed by atoms with Crippen molar-refractivity contribution in [3.63, 3.8) is 0 Å². The highest BCUT2D eigenvalue weighted by Crippen LogP contribution is 2.26. The van der Waals surface area contributed by atoms with Crippen molar-refractivity contribution >= 4 is 32.4 Å². The SMILES string of the molecule is CC(CC(=O)c1ccccc1NS(=O)(=O)c1cccc2cccnc12)Cc1ccccn1. The van der Waals surface area contributed by atoms with Crippen LogP contribution in [-0.2, 0) is 16.4 Å². The summed E-state index contributed by atoms with van der Waals surface area (Å²) in [6, 6.07) is 20.9. The van der Waals surface area contributed by atoms with E-state index in [2.05, 4.69) is 14.7 Å². The minimum Gasteiger partial charge on any atom is -0.294 e. The van der Waals surface area contributed by atoms with E-state index in [-0.39, 0.29) is 28.7 Å². The van der Waals surface area contributed by atoms with Crippen LogP contribution in [0.25, 0.3) is 10.9 Å². The van der Waals surface area contributed by atoms with Crippen molar-refractivity contribution in [2.24, 2.45) is 5.92 Å². The molecule has 4 aromatic rings. The van der Waals surface area contributed by atoms with Gasteiger partial charge in [0.15, 0.2) is 5.78 Å². The summed E-state index contributed by atoms with van der Waals surface area (Å²) in [5.41, 5.74) is 1.91. The van der Waals surface area contributed by atoms with Gasteiger partial charge in [0, 0.05) is 35.5 Å². The molecule has 2 heterocycles. The van der Waals surface area contributed by atoms with E-state index in [0.29, 0.717) is 17.5 Å². The second-order valence-corrected chi connectivity index (χ2v) is 9.39. The standard InChI is InChI=1S/C25H23N3O3S/c1-18(16-20-10-4-5-14-26-20)17-23(29)21-11-2-3-12-22(21)28-32(30,31)24-13-6-8-19-9-7-15-27-25(19)24/h2-15,18,28H,16-17H2,1H3. The lowest BCUT2D eigenvalue weighted by Crippen LogP contribution is -2.17. The smallest absolute Gasteiger partial charge is 0.264 e. The number of fused-ring (bicyclic) bond motifs is 1. The van der Waals surface area contributed by atoms with E-state index >= 15 is 0 Å². The summed E-state index contributed by atoms with van der Waals surface area (Å²) in [6.45, 7) is 1.99. The summed E-state index contributed by atoms with van der Waals surface area (Å²) in [7, 11) is -3.95. The van der Waals surface area contributed by atoms with Crippen LogP contribution < -0.4 is 4.72 Å². The van der Waals surface area contributed by atoms with Crippen molar-refractivity contribution in [2.75, 3.05) is 4.72 Å². The number of nitrogens with zero attached hydrogens (tertiary/aromatic N) is 2. The van der Waals surface area contributed by atoms with Gasteiger partial charge < -0.3 is 0 Å². The molecule has 1 unspecified atom stereocenters. The number of benzene rings is 2. The quantitative estimate of drug-likeness (QED) is 0.390. The Hall–Kier alpha value is -3.58. The summed E-state index contributed by atoms with van der Waals surface area (Å²) in [5.74, 6) is -0.0629. The van der Waals surface area contributed by atoms with Gasteiger partial charge in [-0.25, -0.2) is 8.42 Å². The van der Waals surface area contributed by atoms with Crippen LogP contribution in [0.5, 0.6) is 0 Å². The fraction of sp³-hybridized carbons (Fsp3) is 0.160. The van der Waals surface area contributed by atoms with Gasteiger partial charge in [-0.1, -0.05) is 43.3 Å². The van der Waals surface area contributed by atoms with E-state index in [1.54, 1.807) is 48.8 Å². The van der Waals surface area contributed by atoms with Crippen LogP contribution in [0.4, 0.5) is 5.69 Å². The summed E-state index contributed by atoms with van der Waals surface area (Å²) in [4.78, 5) is 21.7. The van der Waals surface area contributed by atoms with E-state index < -0.39 is 10.0 Å². The predicted molar refractivity (Wildman–Crippen MR) is 125 cm³/mol. The first-order valence-electron chi connectivity index (χ1n) is 10.3. The first-order valence-corrected chi connectivity index (χ1v) is 11.8. The van der Waals surface area contributed by atoms with Gasteiger partial charge in [0.1, 0.15) is 4.90 Å². The van der Waals surface area contributed by atoms with Crippen LogP contribution in [0.15, 0.2) is 90.1 Å². The number of carbonyl (C=O) groups is 1. The van der Waals surface area contributed by atoms with Gasteiger partial charge >= 0.3 is 0 Å². The second kappa shape index (κ2) is 9.28. The largest absolute Gasteiger partial charge is 0.294 e. The molecule has 0 amide bonds. The van der Waals surface area contributed by atoms with Crippen molar-refractivity contribution in [1.29, 1.82) is 0 Å². The highest BCUT2D eigenvalue weighted by molar-refractivity contribution is 7.93. The topological polar surface area (TPSA) is 89.0 Å². The third kappa shape index (κ3) is 4.84. The number of sulfonamides is 1. The number of nitrogens with one attached hydrogen (secondary N) is 1. The molecule has 0 radical (unpaired) electrons. The minimum absolute atomic E-state index is 0.0596. The molecule has 0 aliphatic rings. The van der Waals surface area contributed by atoms with Gasteiger partial charge in [-0.2, -0.15) is 0 Å². The van der Waals surface area contributed by atoms with Gasteiger partial charge in [-0.05, 0) is 48.7 Å². The highest BCUT2D eigenvalue weighted by atomic mass is 32.2. The van der Waals surface area contributed by atoms with Gasteiger partial charge in [-0.3, -0.25) is 19.5 Å². The molecular formula is C25H23N3O3S. The predicted octanol–water partition coefficient (Wildman–Crippen LogP) is 4.88. The molecule has 2 aromatic carbocycles. The Kier molecular flexibility index (Phi) is 6.28. The number of anilines is 1. The maximum atomic E-state index is 13.2. The van der Waals surface area contributed by atoms with Crippen molar-refractivity contribution in [1.82, 2.24) is 9.97 Å². The Bertz CT molecular complexity index is 1350. The average molecular weight is 446 g/mol. The summed E-state index contributed by atoms with van der Waals surface area (Å²) >= 11 is 0. The molecule has 6 nitrogen and oxygen atoms in total. The maximum Gasteiger partial charge on any atom is 0.264 e. The van der Waals surface area contributed by atoms with Crippen LogP contribution in [0, 0.1) is 5.92 Å². The molecule has 7 heteroatoms. The molecule has 0 saturated heterocycles. The highest BCUT2D eigenvalue weighted by Gasteiger charge is 2.22. The normalized spacial score (nSPS) is 12.4. The Balaban J connectivity index is 1.57. The van der Waals surface area contributed by atoms with Crippen molar-refractivity contribution in [3.8, 4) is 0 Å². The van der Waals surface area contributed by atoms with E-state index in [4.69, 9.17) is 0 Å². The number of carbonyl (C=O) groups excluding carboxylic acids is 1. The molecule has 162 valence electrons. The van der Waals surface area contributed by atoms with E-state index in [0.717, 1.165) is 11.1 Å². The number of Topliss-reactive ketones (excluding diaryl/α,β-unsaturated/α-hetero) is 1. The molecule has 0 spiro atoms. The lowest BCUT2D eigenvalue weighted by Gasteiger charge is -2.15. The number of pyridine rings is 2. The van der Waals surface area contributed by atoms with Crippen LogP contribution in [0.2, 0.25) is 0 Å². The summed E-state index contributed by atoms with van der Waals surface area (Å²) < 4.78 is 29.0. The first-order chi connectivity index (χ1) is 15.4. The zero-order valence-electron chi connectivity index (χ0n) is 17.6. The molecule has 0 fully saturated rings. The molecule has 0 bridgehead atoms. The fourth-order valence-corrected chi connectivity index (χ4v) is 4.94. The number of ketones is 1. The first kappa shape index (κ1) is 21.6. The molecule has 1 N–H and O–H groups in total. The zero-order chi connectivity index (χ0) is 22.6. The van der Waals surface area contributed by atoms with E-state index in [1.807, 2.05) is 37.3 Å². The number of para-hydroxylation sites is 2. The Labute approximate surface area is 187 Å². The van der Waals surface area contributed by atoms with E-state index in [1.165, 1.54) is 6.07 Å². The monoisotopic (exact) mass is 445 g/mol. The number of aromatic nitrogens is 2. The number of rotatable bonds is 8. The van der Waals surface area contributed by atoms with Crippen LogP contribution in [0.1, 0.15) is 29.4 Å².